The van der Waals surface area contributed by atoms with Gasteiger partial charge in [0.1, 0.15) is 34.5 Å². The predicted octanol–water partition coefficient (Wildman–Crippen LogP) is 2.44. The molecule has 0 radical (unpaired) electrons. The van der Waals surface area contributed by atoms with Gasteiger partial charge in [0.2, 0.25) is 16.0 Å². The van der Waals surface area contributed by atoms with E-state index in [1.807, 2.05) is 0 Å². The second-order valence-corrected chi connectivity index (χ2v) is 9.40. The van der Waals surface area contributed by atoms with E-state index >= 15 is 0 Å². The lowest BCUT2D eigenvalue weighted by Gasteiger charge is -2.18. The summed E-state index contributed by atoms with van der Waals surface area (Å²) in [4.78, 5) is 0. The second kappa shape index (κ2) is 9.91. The fraction of sp³-hybridized carbons (Fsp3) is 0.227. The Morgan fingerprint density at radius 1 is 1.08 bits per heavy atom. The summed E-state index contributed by atoms with van der Waals surface area (Å²) in [5.74, 6) is -2.32. The number of nitrogens with zero attached hydrogens (tertiary/aromatic N) is 5. The molecule has 36 heavy (non-hydrogen) atoms. The molecule has 2 aromatic carbocycles. The first-order chi connectivity index (χ1) is 17.1. The molecule has 2 heterocycles. The van der Waals surface area contributed by atoms with Gasteiger partial charge in [-0.25, -0.2) is 17.2 Å². The van der Waals surface area contributed by atoms with Gasteiger partial charge in [-0.1, -0.05) is 12.1 Å². The number of methoxy groups -OCH3 is 2. The molecular weight excluding hydrogens is 498 g/mol. The highest BCUT2D eigenvalue weighted by atomic mass is 32.2. The molecule has 4 aromatic rings. The number of aromatic nitrogens is 5. The zero-order valence-corrected chi connectivity index (χ0v) is 20.2. The molecule has 4 rings (SSSR count). The molecule has 190 valence electrons. The third-order valence-corrected chi connectivity index (χ3v) is 6.42. The lowest BCUT2D eigenvalue weighted by atomic mass is 10.1. The minimum absolute atomic E-state index is 0.168. The number of halogens is 2. The number of aryl methyl sites for hydroxylation is 1. The van der Waals surface area contributed by atoms with Crippen LogP contribution in [-0.4, -0.2) is 58.0 Å². The maximum absolute atomic E-state index is 14.1. The van der Waals surface area contributed by atoms with E-state index in [0.717, 1.165) is 12.1 Å². The lowest BCUT2D eigenvalue weighted by molar-refractivity contribution is 0.196. The number of hydrogen-bond acceptors (Lipinski definition) is 8. The third-order valence-electron chi connectivity index (χ3n) is 5.18. The first-order valence-electron chi connectivity index (χ1n) is 10.4. The first-order valence-corrected chi connectivity index (χ1v) is 12.1. The summed E-state index contributed by atoms with van der Waals surface area (Å²) in [6, 6.07) is 9.07. The van der Waals surface area contributed by atoms with E-state index in [2.05, 4.69) is 20.0 Å². The van der Waals surface area contributed by atoms with Crippen molar-refractivity contribution in [3.05, 3.63) is 65.9 Å². The van der Waals surface area contributed by atoms with Crippen LogP contribution in [0.25, 0.3) is 17.2 Å². The summed E-state index contributed by atoms with van der Waals surface area (Å²) in [5.41, 5.74) is 0.289. The maximum atomic E-state index is 14.1. The molecule has 0 spiro atoms. The number of ether oxygens (including phenoxy) is 2. The van der Waals surface area contributed by atoms with Crippen LogP contribution in [-0.2, 0) is 17.1 Å². The van der Waals surface area contributed by atoms with Crippen molar-refractivity contribution in [3.63, 3.8) is 0 Å². The molecule has 1 unspecified atom stereocenters. The summed E-state index contributed by atoms with van der Waals surface area (Å²) in [6.45, 7) is 0. The van der Waals surface area contributed by atoms with E-state index in [1.54, 1.807) is 37.5 Å². The molecule has 0 amide bonds. The van der Waals surface area contributed by atoms with Crippen molar-refractivity contribution in [2.24, 2.45) is 7.05 Å². The summed E-state index contributed by atoms with van der Waals surface area (Å²) in [5, 5.41) is 22.8. The van der Waals surface area contributed by atoms with Crippen molar-refractivity contribution >= 4 is 16.0 Å². The average Bonchev–Trinajstić information content (AvgIpc) is 3.43. The molecule has 11 nitrogen and oxygen atoms in total. The number of benzene rings is 2. The molecule has 2 N–H and O–H groups in total. The summed E-state index contributed by atoms with van der Waals surface area (Å²) in [7, 11) is 0.231. The quantitative estimate of drug-likeness (QED) is 0.344. The van der Waals surface area contributed by atoms with Gasteiger partial charge in [-0.05, 0) is 24.3 Å². The monoisotopic (exact) mass is 520 g/mol. The van der Waals surface area contributed by atoms with Crippen molar-refractivity contribution in [1.29, 1.82) is 0 Å². The highest BCUT2D eigenvalue weighted by Crippen LogP contribution is 2.37. The molecule has 0 fully saturated rings. The summed E-state index contributed by atoms with van der Waals surface area (Å²) >= 11 is 0. The van der Waals surface area contributed by atoms with Crippen molar-refractivity contribution in [1.82, 2.24) is 24.5 Å². The Bertz CT molecular complexity index is 1480. The van der Waals surface area contributed by atoms with Crippen LogP contribution in [0.15, 0.2) is 48.7 Å². The minimum atomic E-state index is -4.33. The maximum Gasteiger partial charge on any atom is 0.243 e. The molecule has 0 aliphatic carbocycles. The van der Waals surface area contributed by atoms with E-state index in [4.69, 9.17) is 9.47 Å². The van der Waals surface area contributed by atoms with E-state index in [1.165, 1.54) is 23.5 Å². The first kappa shape index (κ1) is 25.1. The molecule has 0 saturated heterocycles. The molecule has 0 saturated carbocycles. The van der Waals surface area contributed by atoms with Crippen molar-refractivity contribution in [2.45, 2.75) is 6.10 Å². The Morgan fingerprint density at radius 3 is 2.36 bits per heavy atom. The summed E-state index contributed by atoms with van der Waals surface area (Å²) < 4.78 is 69.3. The van der Waals surface area contributed by atoms with Gasteiger partial charge in [-0.2, -0.15) is 5.10 Å². The van der Waals surface area contributed by atoms with Gasteiger partial charge in [0.25, 0.3) is 0 Å². The Hall–Kier alpha value is -4.04. The number of aliphatic hydroxyl groups is 1. The fourth-order valence-electron chi connectivity index (χ4n) is 3.56. The number of rotatable bonds is 9. The Labute approximate surface area is 205 Å². The highest BCUT2D eigenvalue weighted by Gasteiger charge is 2.28. The largest absolute Gasteiger partial charge is 0.494 e. The SMILES string of the molecule is COc1cccc(OC)c1-n1c(NS(=O)(=O)CC(O)c2ccc(F)cc2F)nnc1-c1ccn(C)n1. The van der Waals surface area contributed by atoms with E-state index in [0.29, 0.717) is 23.3 Å². The number of anilines is 1. The Morgan fingerprint density at radius 2 is 1.78 bits per heavy atom. The van der Waals surface area contributed by atoms with Gasteiger partial charge in [0.15, 0.2) is 5.82 Å². The Balaban J connectivity index is 1.78. The highest BCUT2D eigenvalue weighted by molar-refractivity contribution is 7.92. The van der Waals surface area contributed by atoms with Crippen LogP contribution in [0, 0.1) is 11.6 Å². The zero-order chi connectivity index (χ0) is 26.0. The van der Waals surface area contributed by atoms with Crippen LogP contribution >= 0.6 is 0 Å². The fourth-order valence-corrected chi connectivity index (χ4v) is 4.65. The van der Waals surface area contributed by atoms with Crippen LogP contribution < -0.4 is 14.2 Å². The smallest absolute Gasteiger partial charge is 0.243 e. The van der Waals surface area contributed by atoms with E-state index in [-0.39, 0.29) is 23.0 Å². The molecule has 0 bridgehead atoms. The standard InChI is InChI=1S/C22H22F2N6O5S/c1-29-10-9-16(27-29)21-25-26-22(30(21)20-18(34-2)5-4-6-19(20)35-3)28-36(32,33)12-17(31)14-8-7-13(23)11-15(14)24/h4-11,17,31H,12H2,1-3H3,(H,26,28). The zero-order valence-electron chi connectivity index (χ0n) is 19.4. The van der Waals surface area contributed by atoms with Crippen LogP contribution in [0.4, 0.5) is 14.7 Å². The lowest BCUT2D eigenvalue weighted by Crippen LogP contribution is -2.24. The topological polar surface area (TPSA) is 133 Å². The van der Waals surface area contributed by atoms with E-state index in [9.17, 15) is 22.3 Å². The average molecular weight is 521 g/mol. The van der Waals surface area contributed by atoms with Gasteiger partial charge >= 0.3 is 0 Å². The summed E-state index contributed by atoms with van der Waals surface area (Å²) in [6.07, 6.45) is -0.110. The van der Waals surface area contributed by atoms with Crippen molar-refractivity contribution in [2.75, 3.05) is 24.7 Å². The number of sulfonamides is 1. The molecule has 0 aliphatic rings. The number of nitrogens with one attached hydrogen (secondary N) is 1. The van der Waals surface area contributed by atoms with Gasteiger partial charge < -0.3 is 14.6 Å². The molecule has 1 atom stereocenters. The molecule has 2 aromatic heterocycles. The number of hydrogen-bond donors (Lipinski definition) is 2. The van der Waals surface area contributed by atoms with Crippen LogP contribution in [0.5, 0.6) is 11.5 Å². The minimum Gasteiger partial charge on any atom is -0.494 e. The van der Waals surface area contributed by atoms with Gasteiger partial charge in [-0.3, -0.25) is 14.0 Å². The van der Waals surface area contributed by atoms with Crippen molar-refractivity contribution < 1.29 is 31.8 Å². The molecule has 14 heteroatoms. The van der Waals surface area contributed by atoms with E-state index < -0.39 is 33.5 Å². The number of para-hydroxylation sites is 1. The third kappa shape index (κ3) is 4.99. The second-order valence-electron chi connectivity index (χ2n) is 7.63. The predicted molar refractivity (Wildman–Crippen MR) is 125 cm³/mol. The molecule has 0 aliphatic heterocycles. The normalized spacial score (nSPS) is 12.4. The van der Waals surface area contributed by atoms with Gasteiger partial charge in [-0.15, -0.1) is 10.2 Å². The van der Waals surface area contributed by atoms with Crippen LogP contribution in [0.2, 0.25) is 0 Å². The van der Waals surface area contributed by atoms with Crippen LogP contribution in [0.1, 0.15) is 11.7 Å². The van der Waals surface area contributed by atoms with Gasteiger partial charge in [0.05, 0.1) is 26.1 Å². The Kier molecular flexibility index (Phi) is 6.90. The molecular formula is C22H22F2N6O5S. The number of aliphatic hydroxyl groups excluding tert-OH is 1. The van der Waals surface area contributed by atoms with Gasteiger partial charge in [0, 0.05) is 24.9 Å². The van der Waals surface area contributed by atoms with Crippen molar-refractivity contribution in [3.8, 4) is 28.7 Å². The van der Waals surface area contributed by atoms with Crippen LogP contribution in [0.3, 0.4) is 0 Å².